The van der Waals surface area contributed by atoms with Crippen molar-refractivity contribution in [1.82, 2.24) is 29.4 Å². The number of carbonyl (C=O) groups is 9. The van der Waals surface area contributed by atoms with Gasteiger partial charge in [0.1, 0.15) is 76.9 Å². The molecular formula is C105H196N6O15S3. The van der Waals surface area contributed by atoms with Crippen LogP contribution >= 0.6 is 35.3 Å². The lowest BCUT2D eigenvalue weighted by Crippen LogP contribution is -2.40. The molecule has 2 atom stereocenters. The zero-order valence-electron chi connectivity index (χ0n) is 84.9. The minimum atomic E-state index is -0.552. The molecule has 0 radical (unpaired) electrons. The fraction of sp³-hybridized carbons (Fsp3) is 0.876. The van der Waals surface area contributed by atoms with E-state index in [4.69, 9.17) is 28.4 Å². The predicted octanol–water partition coefficient (Wildman–Crippen LogP) is 27.3. The molecule has 0 saturated heterocycles. The van der Waals surface area contributed by atoms with Gasteiger partial charge in [-0.3, -0.25) is 43.2 Å². The summed E-state index contributed by atoms with van der Waals surface area (Å²) >= 11 is 3.39. The normalized spacial score (nSPS) is 12.2. The lowest BCUT2D eigenvalue weighted by atomic mass is 10.0. The van der Waals surface area contributed by atoms with Crippen LogP contribution in [0.5, 0.6) is 0 Å². The standard InChI is InChI=1S/C105H196N6O15S3/c1-13-19-25-51-61-73-94(74-62-52-26-20-14-2)125-101(116)91-111(104(119)128-85-70-80-107(9)10)92-102(117)126-96(76-64-54-28-22-16-4)78-66-56-48-44-40-36-32-33-37-41-45-49-57-67-82-121-97(112)87-109(103(118)127-84-69-79-106(7)8)89-99(114)124-95(75-63-53-27-21-15-3)77-65-55-47-43-39-35-31-34-38-42-46-50-58-68-83-122-98(113)88-110(105(120)129-86-81-108(11)12)90-100(115)123-93(71-59-29-23-17-5)72-60-30-24-18-6/h57-58,67-68,93-96H,13-56,59-66,69-92H2,1-12H3/b67-57-,68-58-. The Balaban J connectivity index is 5.11. The van der Waals surface area contributed by atoms with Crippen molar-refractivity contribution in [2.75, 3.05) is 132 Å². The van der Waals surface area contributed by atoms with E-state index < -0.39 is 35.8 Å². The molecule has 2 unspecified atom stereocenters. The lowest BCUT2D eigenvalue weighted by molar-refractivity contribution is -0.154. The molecular weight excluding hydrogens is 1680 g/mol. The highest BCUT2D eigenvalue weighted by atomic mass is 32.2. The van der Waals surface area contributed by atoms with Crippen LogP contribution in [-0.4, -0.2) is 237 Å². The first-order valence-corrected chi connectivity index (χ1v) is 55.6. The summed E-state index contributed by atoms with van der Waals surface area (Å²) < 4.78 is 35.6. The quantitative estimate of drug-likeness (QED) is 0.0238. The molecule has 3 amide bonds. The third-order valence-electron chi connectivity index (χ3n) is 23.7. The molecule has 0 rings (SSSR count). The average Bonchev–Trinajstić information content (AvgIpc) is 0.899. The number of hydrogen-bond donors (Lipinski definition) is 0. The summed E-state index contributed by atoms with van der Waals surface area (Å²) in [5, 5.41) is -0.941. The SMILES string of the molecule is CCCCCCCC(CCCCCCCCCCCCC/C=C\COC(=O)CN(CC(=O)OC(CCCCCC)CCCCCC)C(=O)SCCN(C)C)OC(=O)CN(CC(=O)OC/C=C\CCCCCCCCCCCCCC(CCCCCCC)OC(=O)CN(CC(=O)OC(CCCCCCC)CCCCCCC)C(=O)SCCCN(C)C)C(=O)SCCCN(C)C. The number of unbranched alkanes of at least 4 members (excludes halogenated alkanes) is 44. The molecule has 0 aliphatic rings. The van der Waals surface area contributed by atoms with Gasteiger partial charge in [0.15, 0.2) is 0 Å². The van der Waals surface area contributed by atoms with E-state index in [2.05, 4.69) is 63.5 Å². The van der Waals surface area contributed by atoms with E-state index in [1.54, 1.807) is 0 Å². The Kier molecular flexibility index (Phi) is 89.6. The van der Waals surface area contributed by atoms with E-state index in [9.17, 15) is 43.2 Å². The average molecular weight is 1880 g/mol. The summed E-state index contributed by atoms with van der Waals surface area (Å²) in [4.78, 5) is 132. The number of hydrogen-bond acceptors (Lipinski definition) is 21. The second-order valence-corrected chi connectivity index (χ2v) is 40.4. The second kappa shape index (κ2) is 92.7. The zero-order valence-corrected chi connectivity index (χ0v) is 87.3. The molecule has 21 nitrogen and oxygen atoms in total. The summed E-state index contributed by atoms with van der Waals surface area (Å²) in [7, 11) is 11.9. The van der Waals surface area contributed by atoms with Gasteiger partial charge in [0.25, 0.3) is 15.7 Å². The Morgan fingerprint density at radius 1 is 0.225 bits per heavy atom. The molecule has 0 aromatic heterocycles. The number of esters is 6. The first-order valence-electron chi connectivity index (χ1n) is 52.7. The van der Waals surface area contributed by atoms with Crippen LogP contribution in [0.15, 0.2) is 24.3 Å². The van der Waals surface area contributed by atoms with Crippen molar-refractivity contribution >= 4 is 86.8 Å². The van der Waals surface area contributed by atoms with Gasteiger partial charge in [-0.05, 0) is 197 Å². The molecule has 0 spiro atoms. The highest BCUT2D eigenvalue weighted by molar-refractivity contribution is 8.14. The van der Waals surface area contributed by atoms with E-state index in [1.807, 2.05) is 59.3 Å². The first-order chi connectivity index (χ1) is 62.6. The molecule has 0 aliphatic heterocycles. The van der Waals surface area contributed by atoms with Crippen LogP contribution < -0.4 is 0 Å². The summed E-state index contributed by atoms with van der Waals surface area (Å²) in [6, 6.07) is 0. The molecule has 24 heteroatoms. The Morgan fingerprint density at radius 2 is 0.419 bits per heavy atom. The molecule has 0 saturated carbocycles. The molecule has 0 bridgehead atoms. The Bertz CT molecular complexity index is 2720. The van der Waals surface area contributed by atoms with Gasteiger partial charge >= 0.3 is 35.8 Å². The van der Waals surface area contributed by atoms with Crippen molar-refractivity contribution < 1.29 is 71.6 Å². The van der Waals surface area contributed by atoms with Crippen LogP contribution in [0.25, 0.3) is 0 Å². The van der Waals surface area contributed by atoms with Crippen LogP contribution in [0.1, 0.15) is 440 Å². The van der Waals surface area contributed by atoms with Crippen molar-refractivity contribution in [2.24, 2.45) is 0 Å². The molecule has 129 heavy (non-hydrogen) atoms. The van der Waals surface area contributed by atoms with Gasteiger partial charge in [0, 0.05) is 23.8 Å². The van der Waals surface area contributed by atoms with E-state index in [0.29, 0.717) is 23.8 Å². The topological polar surface area (TPSA) is 228 Å². The summed E-state index contributed by atoms with van der Waals surface area (Å²) in [5.74, 6) is -1.25. The molecule has 0 heterocycles. The highest BCUT2D eigenvalue weighted by Crippen LogP contribution is 2.26. The third-order valence-corrected chi connectivity index (χ3v) is 26.6. The molecule has 0 aromatic rings. The van der Waals surface area contributed by atoms with Gasteiger partial charge in [0.2, 0.25) is 0 Å². The molecule has 0 aliphatic carbocycles. The van der Waals surface area contributed by atoms with Crippen molar-refractivity contribution in [3.8, 4) is 0 Å². The number of carbonyl (C=O) groups excluding carboxylic acids is 9. The number of amides is 3. The van der Waals surface area contributed by atoms with Gasteiger partial charge in [0.05, 0.1) is 0 Å². The summed E-state index contributed by atoms with van der Waals surface area (Å²) in [5.41, 5.74) is 0. The van der Waals surface area contributed by atoms with Crippen molar-refractivity contribution in [3.63, 3.8) is 0 Å². The smallest absolute Gasteiger partial charge is 0.326 e. The summed E-state index contributed by atoms with van der Waals surface area (Å²) in [6.45, 7) is 14.1. The maximum atomic E-state index is 13.8. The largest absolute Gasteiger partial charge is 0.461 e. The van der Waals surface area contributed by atoms with Crippen LogP contribution in [0.4, 0.5) is 14.4 Å². The van der Waals surface area contributed by atoms with E-state index in [-0.39, 0.29) is 92.6 Å². The number of rotatable bonds is 93. The Hall–Kier alpha value is -4.36. The van der Waals surface area contributed by atoms with Crippen LogP contribution in [-0.2, 0) is 57.2 Å². The van der Waals surface area contributed by atoms with Crippen molar-refractivity contribution in [1.29, 1.82) is 0 Å². The van der Waals surface area contributed by atoms with Crippen molar-refractivity contribution in [3.05, 3.63) is 24.3 Å². The van der Waals surface area contributed by atoms with E-state index in [1.165, 1.54) is 161 Å². The number of ether oxygens (including phenoxy) is 6. The van der Waals surface area contributed by atoms with Gasteiger partial charge < -0.3 is 57.8 Å². The maximum absolute atomic E-state index is 13.8. The van der Waals surface area contributed by atoms with E-state index in [0.717, 1.165) is 300 Å². The Labute approximate surface area is 802 Å². The van der Waals surface area contributed by atoms with Crippen LogP contribution in [0.2, 0.25) is 0 Å². The lowest BCUT2D eigenvalue weighted by Gasteiger charge is -2.25. The Morgan fingerprint density at radius 3 is 0.643 bits per heavy atom. The van der Waals surface area contributed by atoms with Crippen molar-refractivity contribution in [2.45, 2.75) is 464 Å². The second-order valence-electron chi connectivity index (χ2n) is 37.2. The minimum Gasteiger partial charge on any atom is -0.461 e. The van der Waals surface area contributed by atoms with Crippen LogP contribution in [0, 0.1) is 0 Å². The molecule has 0 aromatic carbocycles. The first kappa shape index (κ1) is 125. The molecule has 0 fully saturated rings. The maximum Gasteiger partial charge on any atom is 0.326 e. The highest BCUT2D eigenvalue weighted by Gasteiger charge is 2.29. The van der Waals surface area contributed by atoms with Gasteiger partial charge in [-0.25, -0.2) is 0 Å². The fourth-order valence-corrected chi connectivity index (χ4v) is 18.3. The minimum absolute atomic E-state index is 0.105. The van der Waals surface area contributed by atoms with Gasteiger partial charge in [-0.15, -0.1) is 0 Å². The fourth-order valence-electron chi connectivity index (χ4n) is 15.8. The number of thioether (sulfide) groups is 3. The zero-order chi connectivity index (χ0) is 94.9. The van der Waals surface area contributed by atoms with Gasteiger partial charge in [-0.1, -0.05) is 358 Å². The van der Waals surface area contributed by atoms with Gasteiger partial charge in [-0.2, -0.15) is 0 Å². The van der Waals surface area contributed by atoms with Crippen LogP contribution in [0.3, 0.4) is 0 Å². The van der Waals surface area contributed by atoms with E-state index >= 15 is 0 Å². The molecule has 0 N–H and O–H groups in total. The number of allylic oxidation sites excluding steroid dienone is 2. The summed E-state index contributed by atoms with van der Waals surface area (Å²) in [6.07, 6.45) is 73.4. The predicted molar refractivity (Wildman–Crippen MR) is 544 cm³/mol. The number of nitrogens with zero attached hydrogens (tertiary/aromatic N) is 6. The third kappa shape index (κ3) is 83.9. The monoisotopic (exact) mass is 1880 g/mol. The molecule has 754 valence electrons.